The molecule has 1 aromatic carbocycles. The van der Waals surface area contributed by atoms with Crippen molar-refractivity contribution >= 4 is 6.29 Å². The number of piperidine rings is 1. The standard InChI is InChI=1S/C24H34N2O2/c1-17(19-8-6-18(15-27)7-9-19)21-13-20(24(28)16-26(21)24)14-25-22-5-4-12-23(22)10-2-3-11-23/h6-9,15,17,20-22,25,28H,2-5,10-14,16H2,1H3. The maximum atomic E-state index is 11.1. The lowest BCUT2D eigenvalue weighted by Gasteiger charge is -2.33. The zero-order chi connectivity index (χ0) is 19.4. The summed E-state index contributed by atoms with van der Waals surface area (Å²) in [6.07, 6.45) is 11.7. The number of aliphatic hydroxyl groups is 1. The molecule has 2 heterocycles. The van der Waals surface area contributed by atoms with E-state index in [9.17, 15) is 9.90 Å². The predicted octanol–water partition coefficient (Wildman–Crippen LogP) is 3.70. The van der Waals surface area contributed by atoms with E-state index < -0.39 is 5.72 Å². The first-order valence-electron chi connectivity index (χ1n) is 11.3. The maximum Gasteiger partial charge on any atom is 0.150 e. The molecule has 2 aliphatic heterocycles. The first-order valence-corrected chi connectivity index (χ1v) is 11.3. The first kappa shape index (κ1) is 18.8. The number of rotatable bonds is 6. The second kappa shape index (κ2) is 6.93. The molecule has 1 spiro atoms. The summed E-state index contributed by atoms with van der Waals surface area (Å²) in [6.45, 7) is 4.03. The van der Waals surface area contributed by atoms with Gasteiger partial charge in [-0.2, -0.15) is 0 Å². The van der Waals surface area contributed by atoms with Gasteiger partial charge >= 0.3 is 0 Å². The lowest BCUT2D eigenvalue weighted by molar-refractivity contribution is 0.0582. The van der Waals surface area contributed by atoms with E-state index in [-0.39, 0.29) is 0 Å². The van der Waals surface area contributed by atoms with Gasteiger partial charge in [-0.3, -0.25) is 9.69 Å². The van der Waals surface area contributed by atoms with Crippen LogP contribution >= 0.6 is 0 Å². The average Bonchev–Trinajstić information content (AvgIpc) is 3.08. The van der Waals surface area contributed by atoms with Crippen LogP contribution in [0.4, 0.5) is 0 Å². The van der Waals surface area contributed by atoms with Crippen molar-refractivity contribution in [3.63, 3.8) is 0 Å². The van der Waals surface area contributed by atoms with Crippen molar-refractivity contribution in [3.8, 4) is 0 Å². The molecule has 0 bridgehead atoms. The molecular formula is C24H34N2O2. The highest BCUT2D eigenvalue weighted by Crippen LogP contribution is 2.54. The molecule has 2 saturated heterocycles. The van der Waals surface area contributed by atoms with Gasteiger partial charge in [0.2, 0.25) is 0 Å². The van der Waals surface area contributed by atoms with Crippen LogP contribution in [0, 0.1) is 11.3 Å². The number of fused-ring (bicyclic) bond motifs is 1. The Balaban J connectivity index is 1.23. The minimum absolute atomic E-state index is 0.327. The average molecular weight is 383 g/mol. The highest BCUT2D eigenvalue weighted by molar-refractivity contribution is 5.74. The van der Waals surface area contributed by atoms with Crippen LogP contribution in [0.25, 0.3) is 0 Å². The van der Waals surface area contributed by atoms with Crippen LogP contribution in [-0.4, -0.2) is 47.2 Å². The molecule has 2 N–H and O–H groups in total. The molecule has 2 saturated carbocycles. The van der Waals surface area contributed by atoms with Crippen molar-refractivity contribution in [1.29, 1.82) is 0 Å². The van der Waals surface area contributed by atoms with Crippen LogP contribution in [0.1, 0.15) is 80.1 Å². The fourth-order valence-corrected chi connectivity index (χ4v) is 6.83. The first-order chi connectivity index (χ1) is 13.6. The van der Waals surface area contributed by atoms with Gasteiger partial charge in [-0.15, -0.1) is 0 Å². The van der Waals surface area contributed by atoms with Crippen molar-refractivity contribution in [2.45, 2.75) is 82.0 Å². The molecule has 0 aromatic heterocycles. The summed E-state index contributed by atoms with van der Waals surface area (Å²) in [5.41, 5.74) is 1.97. The number of benzene rings is 1. The minimum Gasteiger partial charge on any atom is -0.374 e. The maximum absolute atomic E-state index is 11.1. The van der Waals surface area contributed by atoms with E-state index in [1.807, 2.05) is 12.1 Å². The molecule has 0 amide bonds. The number of hydrogen-bond acceptors (Lipinski definition) is 4. The van der Waals surface area contributed by atoms with Gasteiger partial charge in [-0.25, -0.2) is 0 Å². The number of aldehydes is 1. The van der Waals surface area contributed by atoms with E-state index in [0.29, 0.717) is 29.3 Å². The number of carbonyl (C=O) groups excluding carboxylic acids is 1. The van der Waals surface area contributed by atoms with Gasteiger partial charge in [-0.05, 0) is 49.0 Å². The second-order valence-electron chi connectivity index (χ2n) is 10.0. The Kier molecular flexibility index (Phi) is 4.65. The highest BCUT2D eigenvalue weighted by atomic mass is 16.3. The van der Waals surface area contributed by atoms with Crippen molar-refractivity contribution in [2.24, 2.45) is 11.3 Å². The Morgan fingerprint density at radius 2 is 1.93 bits per heavy atom. The molecule has 4 fully saturated rings. The van der Waals surface area contributed by atoms with Crippen LogP contribution in [0.2, 0.25) is 0 Å². The summed E-state index contributed by atoms with van der Waals surface area (Å²) in [6, 6.07) is 9.02. The van der Waals surface area contributed by atoms with E-state index in [4.69, 9.17) is 0 Å². The van der Waals surface area contributed by atoms with Gasteiger partial charge in [0.05, 0.1) is 0 Å². The zero-order valence-electron chi connectivity index (χ0n) is 17.1. The number of nitrogens with zero attached hydrogens (tertiary/aromatic N) is 1. The van der Waals surface area contributed by atoms with Crippen LogP contribution in [0.5, 0.6) is 0 Å². The summed E-state index contributed by atoms with van der Waals surface area (Å²) in [4.78, 5) is 13.2. The SMILES string of the molecule is CC(c1ccc(C=O)cc1)C1CC(CNC2CCCC23CCCC3)C2(O)CN12. The number of hydrogen-bond donors (Lipinski definition) is 2. The third-order valence-corrected chi connectivity index (χ3v) is 8.67. The minimum atomic E-state index is -0.587. The van der Waals surface area contributed by atoms with Crippen molar-refractivity contribution < 1.29 is 9.90 Å². The third-order valence-electron chi connectivity index (χ3n) is 8.67. The van der Waals surface area contributed by atoms with E-state index in [1.165, 1.54) is 50.5 Å². The summed E-state index contributed by atoms with van der Waals surface area (Å²) in [5, 5.41) is 15.1. The van der Waals surface area contributed by atoms with E-state index in [2.05, 4.69) is 29.3 Å². The lowest BCUT2D eigenvalue weighted by Crippen LogP contribution is -2.44. The van der Waals surface area contributed by atoms with Crippen LogP contribution in [0.15, 0.2) is 24.3 Å². The topological polar surface area (TPSA) is 52.3 Å². The predicted molar refractivity (Wildman–Crippen MR) is 110 cm³/mol. The summed E-state index contributed by atoms with van der Waals surface area (Å²) in [5.74, 6) is 0.695. The van der Waals surface area contributed by atoms with Gasteiger partial charge in [0.1, 0.15) is 12.0 Å². The van der Waals surface area contributed by atoms with Crippen LogP contribution < -0.4 is 5.32 Å². The highest BCUT2D eigenvalue weighted by Gasteiger charge is 2.65. The Hall–Kier alpha value is -1.23. The Labute approximate surface area is 168 Å². The van der Waals surface area contributed by atoms with Crippen LogP contribution in [-0.2, 0) is 0 Å². The smallest absolute Gasteiger partial charge is 0.150 e. The van der Waals surface area contributed by atoms with Gasteiger partial charge < -0.3 is 10.4 Å². The van der Waals surface area contributed by atoms with Crippen molar-refractivity contribution in [2.75, 3.05) is 13.1 Å². The van der Waals surface area contributed by atoms with Gasteiger partial charge in [0, 0.05) is 36.7 Å². The summed E-state index contributed by atoms with van der Waals surface area (Å²) < 4.78 is 0. The molecule has 28 heavy (non-hydrogen) atoms. The molecule has 4 nitrogen and oxygen atoms in total. The second-order valence-corrected chi connectivity index (χ2v) is 10.0. The van der Waals surface area contributed by atoms with E-state index in [0.717, 1.165) is 31.4 Å². The Morgan fingerprint density at radius 1 is 1.21 bits per heavy atom. The largest absolute Gasteiger partial charge is 0.374 e. The zero-order valence-corrected chi connectivity index (χ0v) is 17.1. The molecule has 4 heteroatoms. The summed E-state index contributed by atoms with van der Waals surface area (Å²) >= 11 is 0. The Bertz CT molecular complexity index is 721. The number of carbonyl (C=O) groups is 1. The normalized spacial score (nSPS) is 39.2. The monoisotopic (exact) mass is 382 g/mol. The van der Waals surface area contributed by atoms with E-state index in [1.54, 1.807) is 0 Å². The molecule has 152 valence electrons. The Morgan fingerprint density at radius 3 is 2.64 bits per heavy atom. The lowest BCUT2D eigenvalue weighted by atomic mass is 9.80. The molecule has 4 aliphatic rings. The van der Waals surface area contributed by atoms with Crippen molar-refractivity contribution in [1.82, 2.24) is 10.2 Å². The molecule has 5 rings (SSSR count). The van der Waals surface area contributed by atoms with Crippen molar-refractivity contribution in [3.05, 3.63) is 35.4 Å². The van der Waals surface area contributed by atoms with Gasteiger partial charge in [-0.1, -0.05) is 50.5 Å². The molecule has 6 unspecified atom stereocenters. The third kappa shape index (κ3) is 2.96. The molecule has 1 aromatic rings. The quantitative estimate of drug-likeness (QED) is 0.582. The fourth-order valence-electron chi connectivity index (χ4n) is 6.83. The fraction of sp³-hybridized carbons (Fsp3) is 0.708. The molecular weight excluding hydrogens is 348 g/mol. The van der Waals surface area contributed by atoms with Crippen LogP contribution in [0.3, 0.4) is 0 Å². The molecule has 2 aliphatic carbocycles. The number of nitrogens with one attached hydrogen (secondary N) is 1. The van der Waals surface area contributed by atoms with Gasteiger partial charge in [0.25, 0.3) is 0 Å². The van der Waals surface area contributed by atoms with E-state index >= 15 is 0 Å². The molecule has 0 radical (unpaired) electrons. The van der Waals surface area contributed by atoms with Gasteiger partial charge in [0.15, 0.2) is 0 Å². The summed E-state index contributed by atoms with van der Waals surface area (Å²) in [7, 11) is 0. The molecule has 6 atom stereocenters.